The van der Waals surface area contributed by atoms with Crippen LogP contribution in [0.3, 0.4) is 0 Å². The highest BCUT2D eigenvalue weighted by atomic mass is 32.1. The van der Waals surface area contributed by atoms with Gasteiger partial charge in [-0.15, -0.1) is 11.3 Å². The Kier molecular flexibility index (Phi) is 10.3. The van der Waals surface area contributed by atoms with Crippen LogP contribution in [0.1, 0.15) is 46.1 Å². The van der Waals surface area contributed by atoms with Crippen molar-refractivity contribution in [3.05, 3.63) is 99.8 Å². The summed E-state index contributed by atoms with van der Waals surface area (Å²) in [6, 6.07) is 24.5. The second-order valence-corrected chi connectivity index (χ2v) is 11.1. The van der Waals surface area contributed by atoms with Crippen molar-refractivity contribution < 1.29 is 9.59 Å². The Bertz CT molecular complexity index is 1160. The minimum absolute atomic E-state index is 0.0000396. The van der Waals surface area contributed by atoms with Crippen LogP contribution in [0.2, 0.25) is 0 Å². The summed E-state index contributed by atoms with van der Waals surface area (Å²) in [6.45, 7) is 4.29. The number of nitrogens with zero attached hydrogens (tertiary/aromatic N) is 1. The summed E-state index contributed by atoms with van der Waals surface area (Å²) in [5.41, 5.74) is 8.18. The van der Waals surface area contributed by atoms with E-state index in [9.17, 15) is 9.59 Å². The van der Waals surface area contributed by atoms with E-state index >= 15 is 0 Å². The smallest absolute Gasteiger partial charge is 0.244 e. The highest BCUT2D eigenvalue weighted by molar-refractivity contribution is 7.12. The van der Waals surface area contributed by atoms with Crippen molar-refractivity contribution in [1.82, 2.24) is 15.5 Å². The number of rotatable bonds is 11. The topological polar surface area (TPSA) is 87.5 Å². The van der Waals surface area contributed by atoms with E-state index < -0.39 is 0 Å². The Morgan fingerprint density at radius 1 is 1.11 bits per heavy atom. The summed E-state index contributed by atoms with van der Waals surface area (Å²) in [5, 5.41) is 6.55. The molecule has 1 aliphatic heterocycles. The lowest BCUT2D eigenvalue weighted by Crippen LogP contribution is -2.49. The minimum atomic E-state index is -0.320. The first-order valence-electron chi connectivity index (χ1n) is 13.4. The average molecular weight is 531 g/mol. The first kappa shape index (κ1) is 27.8. The molecule has 2 atom stereocenters. The van der Waals surface area contributed by atoms with Gasteiger partial charge in [-0.25, -0.2) is 0 Å². The van der Waals surface area contributed by atoms with Gasteiger partial charge in [-0.05, 0) is 62.1 Å². The molecule has 0 aliphatic carbocycles. The molecule has 38 heavy (non-hydrogen) atoms. The van der Waals surface area contributed by atoms with Crippen LogP contribution < -0.4 is 16.4 Å². The number of nitrogens with one attached hydrogen (secondary N) is 2. The fraction of sp³-hybridized carbons (Fsp3) is 0.355. The van der Waals surface area contributed by atoms with Crippen molar-refractivity contribution in [1.29, 1.82) is 0 Å². The molecule has 0 unspecified atom stereocenters. The molecule has 4 N–H and O–H groups in total. The molecule has 2 heterocycles. The van der Waals surface area contributed by atoms with Crippen molar-refractivity contribution >= 4 is 29.2 Å². The van der Waals surface area contributed by atoms with Gasteiger partial charge in [0, 0.05) is 47.4 Å². The largest absolute Gasteiger partial charge is 0.351 e. The Balaban J connectivity index is 1.44. The highest BCUT2D eigenvalue weighted by Crippen LogP contribution is 2.27. The molecular weight excluding hydrogens is 492 g/mol. The summed E-state index contributed by atoms with van der Waals surface area (Å²) in [5.74, 6) is 0.0629. The van der Waals surface area contributed by atoms with E-state index in [-0.39, 0.29) is 29.8 Å². The zero-order valence-corrected chi connectivity index (χ0v) is 22.8. The lowest BCUT2D eigenvalue weighted by molar-refractivity contribution is -0.133. The first-order valence-corrected chi connectivity index (χ1v) is 14.2. The summed E-state index contributed by atoms with van der Waals surface area (Å²) >= 11 is 1.66. The molecule has 200 valence electrons. The fourth-order valence-corrected chi connectivity index (χ4v) is 5.71. The number of hydrogen-bond acceptors (Lipinski definition) is 5. The van der Waals surface area contributed by atoms with Crippen molar-refractivity contribution in [2.24, 2.45) is 5.73 Å². The molecule has 0 radical (unpaired) electrons. The second kappa shape index (κ2) is 14.0. The molecule has 4 rings (SSSR count). The summed E-state index contributed by atoms with van der Waals surface area (Å²) < 4.78 is 0. The number of aryl methyl sites for hydroxylation is 1. The van der Waals surface area contributed by atoms with Crippen LogP contribution in [0.25, 0.3) is 6.08 Å². The number of amides is 2. The summed E-state index contributed by atoms with van der Waals surface area (Å²) in [7, 11) is 0. The van der Waals surface area contributed by atoms with Crippen LogP contribution in [0.15, 0.2) is 78.9 Å². The maximum Gasteiger partial charge on any atom is 0.244 e. The number of hydrogen-bond donors (Lipinski definition) is 3. The summed E-state index contributed by atoms with van der Waals surface area (Å²) in [4.78, 5) is 30.5. The standard InChI is InChI=1S/C31H38N4O2S/c1-23-14-15-27(38-23)16-17-30(36)33-21-26-18-20-35(31(37)29(34-26)13-8-19-32)22-28(24-9-4-2-5-10-24)25-11-6-3-7-12-25/h2-7,9-12,14-17,26,28-29,34H,8,13,18-22,32H2,1H3,(H,33,36)/t26-,29-/m0/s1. The lowest BCUT2D eigenvalue weighted by Gasteiger charge is -2.29. The van der Waals surface area contributed by atoms with E-state index in [4.69, 9.17) is 5.73 Å². The number of carbonyl (C=O) groups is 2. The van der Waals surface area contributed by atoms with Crippen LogP contribution in [0, 0.1) is 6.92 Å². The van der Waals surface area contributed by atoms with E-state index in [2.05, 4.69) is 34.9 Å². The maximum atomic E-state index is 13.7. The van der Waals surface area contributed by atoms with Crippen molar-refractivity contribution in [3.8, 4) is 0 Å². The number of benzene rings is 2. The van der Waals surface area contributed by atoms with Crippen LogP contribution in [0.5, 0.6) is 0 Å². The summed E-state index contributed by atoms with van der Waals surface area (Å²) in [6.07, 6.45) is 5.62. The zero-order chi connectivity index (χ0) is 26.7. The molecule has 2 aromatic carbocycles. The van der Waals surface area contributed by atoms with Gasteiger partial charge in [0.1, 0.15) is 0 Å². The highest BCUT2D eigenvalue weighted by Gasteiger charge is 2.32. The number of thiophene rings is 1. The van der Waals surface area contributed by atoms with Gasteiger partial charge in [0.25, 0.3) is 0 Å². The fourth-order valence-electron chi connectivity index (χ4n) is 4.93. The molecule has 7 heteroatoms. The van der Waals surface area contributed by atoms with E-state index in [1.807, 2.05) is 66.4 Å². The number of nitrogens with two attached hydrogens (primary N) is 1. The van der Waals surface area contributed by atoms with Crippen LogP contribution in [0.4, 0.5) is 0 Å². The Labute approximate surface area is 229 Å². The molecule has 6 nitrogen and oxygen atoms in total. The average Bonchev–Trinajstić information content (AvgIpc) is 3.31. The quantitative estimate of drug-likeness (QED) is 0.322. The van der Waals surface area contributed by atoms with Crippen LogP contribution >= 0.6 is 11.3 Å². The third-order valence-corrected chi connectivity index (χ3v) is 7.95. The lowest BCUT2D eigenvalue weighted by atomic mass is 9.90. The molecule has 1 saturated heterocycles. The maximum absolute atomic E-state index is 13.7. The SMILES string of the molecule is Cc1ccc(C=CC(=O)NC[C@@H]2CCN(CC(c3ccccc3)c3ccccc3)C(=O)[C@H](CCCN)N2)s1. The third kappa shape index (κ3) is 7.87. The Morgan fingerprint density at radius 2 is 1.79 bits per heavy atom. The van der Waals surface area contributed by atoms with Gasteiger partial charge >= 0.3 is 0 Å². The predicted octanol–water partition coefficient (Wildman–Crippen LogP) is 4.32. The van der Waals surface area contributed by atoms with Gasteiger partial charge in [-0.2, -0.15) is 0 Å². The third-order valence-electron chi connectivity index (χ3n) is 6.98. The molecule has 3 aromatic rings. The normalized spacial score (nSPS) is 18.2. The van der Waals surface area contributed by atoms with Gasteiger partial charge in [0.05, 0.1) is 6.04 Å². The van der Waals surface area contributed by atoms with E-state index in [0.29, 0.717) is 32.6 Å². The molecule has 1 aromatic heterocycles. The van der Waals surface area contributed by atoms with Gasteiger partial charge < -0.3 is 21.3 Å². The second-order valence-electron chi connectivity index (χ2n) is 9.82. The molecule has 1 aliphatic rings. The van der Waals surface area contributed by atoms with Gasteiger partial charge in [0.15, 0.2) is 0 Å². The Hall–Kier alpha value is -3.26. The first-order chi connectivity index (χ1) is 18.5. The molecule has 1 fully saturated rings. The molecular formula is C31H38N4O2S. The van der Waals surface area contributed by atoms with Crippen LogP contribution in [-0.2, 0) is 9.59 Å². The van der Waals surface area contributed by atoms with Gasteiger partial charge in [-0.3, -0.25) is 9.59 Å². The van der Waals surface area contributed by atoms with Gasteiger partial charge in [-0.1, -0.05) is 60.7 Å². The molecule has 0 spiro atoms. The minimum Gasteiger partial charge on any atom is -0.351 e. The zero-order valence-electron chi connectivity index (χ0n) is 22.0. The molecule has 0 bridgehead atoms. The van der Waals surface area contributed by atoms with Crippen LogP contribution in [-0.4, -0.2) is 55.0 Å². The number of carbonyl (C=O) groups excluding carboxylic acids is 2. The van der Waals surface area contributed by atoms with Gasteiger partial charge in [0.2, 0.25) is 11.8 Å². The molecule has 0 saturated carbocycles. The van der Waals surface area contributed by atoms with Crippen molar-refractivity contribution in [2.75, 3.05) is 26.2 Å². The molecule has 2 amide bonds. The Morgan fingerprint density at radius 3 is 2.39 bits per heavy atom. The predicted molar refractivity (Wildman–Crippen MR) is 156 cm³/mol. The van der Waals surface area contributed by atoms with Crippen molar-refractivity contribution in [2.45, 2.75) is 44.2 Å². The monoisotopic (exact) mass is 530 g/mol. The van der Waals surface area contributed by atoms with E-state index in [1.165, 1.54) is 16.0 Å². The van der Waals surface area contributed by atoms with E-state index in [0.717, 1.165) is 17.7 Å². The van der Waals surface area contributed by atoms with Crippen molar-refractivity contribution in [3.63, 3.8) is 0 Å². The van der Waals surface area contributed by atoms with E-state index in [1.54, 1.807) is 17.4 Å².